The Bertz CT molecular complexity index is 487. The molecule has 0 bridgehead atoms. The van der Waals surface area contributed by atoms with E-state index in [2.05, 4.69) is 0 Å². The molecule has 1 aliphatic rings. The molecule has 1 unspecified atom stereocenters. The average molecular weight is 293 g/mol. The molecule has 0 aromatic heterocycles. The van der Waals surface area contributed by atoms with E-state index in [9.17, 15) is 4.79 Å². The predicted molar refractivity (Wildman–Crippen MR) is 79.9 cm³/mol. The lowest BCUT2D eigenvalue weighted by atomic mass is 9.94. The summed E-state index contributed by atoms with van der Waals surface area (Å²) in [6.07, 6.45) is 2.79. The molecule has 21 heavy (non-hydrogen) atoms. The van der Waals surface area contributed by atoms with Gasteiger partial charge in [0.05, 0.1) is 19.8 Å². The average Bonchev–Trinajstić information content (AvgIpc) is 2.53. The minimum Gasteiger partial charge on any atom is -0.493 e. The number of nitrogens with zero attached hydrogens (tertiary/aromatic N) is 1. The van der Waals surface area contributed by atoms with Gasteiger partial charge in [0.2, 0.25) is 0 Å². The lowest BCUT2D eigenvalue weighted by molar-refractivity contribution is 0.0649. The van der Waals surface area contributed by atoms with Crippen molar-refractivity contribution in [3.8, 4) is 11.5 Å². The van der Waals surface area contributed by atoms with Crippen molar-refractivity contribution in [3.63, 3.8) is 0 Å². The van der Waals surface area contributed by atoms with E-state index in [4.69, 9.17) is 14.6 Å². The van der Waals surface area contributed by atoms with Crippen molar-refractivity contribution in [2.24, 2.45) is 5.92 Å². The maximum Gasteiger partial charge on any atom is 0.257 e. The van der Waals surface area contributed by atoms with E-state index < -0.39 is 0 Å². The minimum atomic E-state index is -0.0339. The molecule has 1 saturated heterocycles. The Hall–Kier alpha value is -1.75. The first-order valence-electron chi connectivity index (χ1n) is 7.32. The van der Waals surface area contributed by atoms with Gasteiger partial charge in [-0.25, -0.2) is 0 Å². The van der Waals surface area contributed by atoms with Crippen molar-refractivity contribution in [3.05, 3.63) is 23.8 Å². The minimum absolute atomic E-state index is 0.0339. The molecule has 5 nitrogen and oxygen atoms in total. The molecule has 1 atom stereocenters. The van der Waals surface area contributed by atoms with E-state index in [1.165, 1.54) is 0 Å². The topological polar surface area (TPSA) is 59.0 Å². The number of ether oxygens (including phenoxy) is 2. The number of carbonyl (C=O) groups is 1. The lowest BCUT2D eigenvalue weighted by Crippen LogP contribution is -2.40. The molecule has 0 saturated carbocycles. The second-order valence-electron chi connectivity index (χ2n) is 5.31. The maximum absolute atomic E-state index is 12.7. The Kier molecular flexibility index (Phi) is 5.44. The molecule has 2 rings (SSSR count). The molecular formula is C16H23NO4. The largest absolute Gasteiger partial charge is 0.493 e. The fraction of sp³-hybridized carbons (Fsp3) is 0.562. The molecule has 1 aromatic rings. The highest BCUT2D eigenvalue weighted by Crippen LogP contribution is 2.32. The van der Waals surface area contributed by atoms with Crippen molar-refractivity contribution in [2.45, 2.75) is 19.3 Å². The van der Waals surface area contributed by atoms with Gasteiger partial charge < -0.3 is 19.5 Å². The van der Waals surface area contributed by atoms with Gasteiger partial charge in [-0.3, -0.25) is 4.79 Å². The van der Waals surface area contributed by atoms with Crippen molar-refractivity contribution < 1.29 is 19.4 Å². The third-order valence-electron chi connectivity index (χ3n) is 3.98. The first-order valence-corrected chi connectivity index (χ1v) is 7.32. The predicted octanol–water partition coefficient (Wildman–Crippen LogP) is 1.94. The van der Waals surface area contributed by atoms with Crippen LogP contribution < -0.4 is 9.47 Å². The van der Waals surface area contributed by atoms with Crippen LogP contribution in [0.15, 0.2) is 18.2 Å². The normalized spacial score (nSPS) is 18.4. The molecule has 1 fully saturated rings. The third kappa shape index (κ3) is 3.47. The highest BCUT2D eigenvalue weighted by atomic mass is 16.5. The zero-order chi connectivity index (χ0) is 15.2. The van der Waals surface area contributed by atoms with Crippen LogP contribution in [0, 0.1) is 5.92 Å². The molecule has 1 aromatic carbocycles. The summed E-state index contributed by atoms with van der Waals surface area (Å²) >= 11 is 0. The zero-order valence-electron chi connectivity index (χ0n) is 12.7. The second-order valence-corrected chi connectivity index (χ2v) is 5.31. The summed E-state index contributed by atoms with van der Waals surface area (Å²) in [6, 6.07) is 5.34. The number of hydrogen-bond acceptors (Lipinski definition) is 4. The first kappa shape index (κ1) is 15.6. The van der Waals surface area contributed by atoms with E-state index in [0.717, 1.165) is 25.8 Å². The monoisotopic (exact) mass is 293 g/mol. The Labute approximate surface area is 125 Å². The smallest absolute Gasteiger partial charge is 0.257 e. The van der Waals surface area contributed by atoms with Crippen LogP contribution in [-0.2, 0) is 0 Å². The van der Waals surface area contributed by atoms with Crippen LogP contribution in [0.4, 0.5) is 0 Å². The summed E-state index contributed by atoms with van der Waals surface area (Å²) in [5.74, 6) is 1.39. The van der Waals surface area contributed by atoms with Gasteiger partial charge >= 0.3 is 0 Å². The van der Waals surface area contributed by atoms with Crippen LogP contribution in [0.5, 0.6) is 11.5 Å². The molecule has 5 heteroatoms. The number of methoxy groups -OCH3 is 2. The molecule has 1 heterocycles. The summed E-state index contributed by atoms with van der Waals surface area (Å²) in [7, 11) is 3.10. The van der Waals surface area contributed by atoms with Crippen LogP contribution in [0.2, 0.25) is 0 Å². The summed E-state index contributed by atoms with van der Waals surface area (Å²) in [5.41, 5.74) is 0.529. The van der Waals surface area contributed by atoms with Crippen LogP contribution in [0.3, 0.4) is 0 Å². The van der Waals surface area contributed by atoms with Crippen molar-refractivity contribution in [2.75, 3.05) is 33.9 Å². The Morgan fingerprint density at radius 3 is 2.86 bits per heavy atom. The Morgan fingerprint density at radius 1 is 1.38 bits per heavy atom. The van der Waals surface area contributed by atoms with E-state index in [0.29, 0.717) is 29.5 Å². The number of rotatable bonds is 5. The lowest BCUT2D eigenvalue weighted by Gasteiger charge is -2.33. The van der Waals surface area contributed by atoms with Gasteiger partial charge in [0, 0.05) is 19.7 Å². The molecule has 1 amide bonds. The molecule has 0 aliphatic carbocycles. The summed E-state index contributed by atoms with van der Waals surface area (Å²) in [4.78, 5) is 14.6. The molecular weight excluding hydrogens is 270 g/mol. The van der Waals surface area contributed by atoms with Crippen LogP contribution in [-0.4, -0.2) is 49.8 Å². The van der Waals surface area contributed by atoms with E-state index >= 15 is 0 Å². The van der Waals surface area contributed by atoms with Gasteiger partial charge in [0.15, 0.2) is 11.5 Å². The van der Waals surface area contributed by atoms with Gasteiger partial charge in [-0.1, -0.05) is 6.07 Å². The fourth-order valence-electron chi connectivity index (χ4n) is 2.89. The van der Waals surface area contributed by atoms with Gasteiger partial charge in [0.25, 0.3) is 5.91 Å². The quantitative estimate of drug-likeness (QED) is 0.901. The zero-order valence-corrected chi connectivity index (χ0v) is 12.7. The summed E-state index contributed by atoms with van der Waals surface area (Å²) in [6.45, 7) is 1.62. The first-order chi connectivity index (χ1) is 10.2. The van der Waals surface area contributed by atoms with Crippen LogP contribution in [0.25, 0.3) is 0 Å². The Balaban J connectivity index is 2.19. The highest BCUT2D eigenvalue weighted by molar-refractivity contribution is 5.97. The number of aliphatic hydroxyl groups excluding tert-OH is 1. The number of carbonyl (C=O) groups excluding carboxylic acids is 1. The number of para-hydroxylation sites is 1. The number of piperidine rings is 1. The van der Waals surface area contributed by atoms with E-state index in [1.54, 1.807) is 32.4 Å². The standard InChI is InChI=1S/C16H23NO4/c1-20-14-7-3-6-13(15(14)21-2)16(19)17-9-4-5-12(11-17)8-10-18/h3,6-7,12,18H,4-5,8-11H2,1-2H3. The van der Waals surface area contributed by atoms with E-state index in [-0.39, 0.29) is 12.5 Å². The molecule has 1 aliphatic heterocycles. The van der Waals surface area contributed by atoms with Crippen molar-refractivity contribution >= 4 is 5.91 Å². The van der Waals surface area contributed by atoms with Gasteiger partial charge in [-0.2, -0.15) is 0 Å². The Morgan fingerprint density at radius 2 is 2.19 bits per heavy atom. The SMILES string of the molecule is COc1cccc(C(=O)N2CCCC(CCO)C2)c1OC. The molecule has 116 valence electrons. The van der Waals surface area contributed by atoms with Crippen molar-refractivity contribution in [1.82, 2.24) is 4.90 Å². The van der Waals surface area contributed by atoms with Crippen LogP contribution in [0.1, 0.15) is 29.6 Å². The fourth-order valence-corrected chi connectivity index (χ4v) is 2.89. The maximum atomic E-state index is 12.7. The summed E-state index contributed by atoms with van der Waals surface area (Å²) < 4.78 is 10.6. The van der Waals surface area contributed by atoms with Gasteiger partial charge in [0.1, 0.15) is 0 Å². The number of benzene rings is 1. The van der Waals surface area contributed by atoms with Gasteiger partial charge in [-0.05, 0) is 37.3 Å². The number of likely N-dealkylation sites (tertiary alicyclic amines) is 1. The van der Waals surface area contributed by atoms with E-state index in [1.807, 2.05) is 4.90 Å². The van der Waals surface area contributed by atoms with Gasteiger partial charge in [-0.15, -0.1) is 0 Å². The third-order valence-corrected chi connectivity index (χ3v) is 3.98. The van der Waals surface area contributed by atoms with Crippen LogP contribution >= 0.6 is 0 Å². The van der Waals surface area contributed by atoms with Crippen molar-refractivity contribution in [1.29, 1.82) is 0 Å². The molecule has 0 radical (unpaired) electrons. The number of hydrogen-bond donors (Lipinski definition) is 1. The second kappa shape index (κ2) is 7.31. The summed E-state index contributed by atoms with van der Waals surface area (Å²) in [5, 5.41) is 9.07. The highest BCUT2D eigenvalue weighted by Gasteiger charge is 2.26. The number of aliphatic hydroxyl groups is 1. The number of amides is 1. The molecule has 0 spiro atoms. The molecule has 1 N–H and O–H groups in total.